The van der Waals surface area contributed by atoms with E-state index in [1.165, 1.54) is 29.9 Å². The van der Waals surface area contributed by atoms with Crippen LogP contribution in [0.2, 0.25) is 0 Å². The van der Waals surface area contributed by atoms with E-state index in [0.717, 1.165) is 29.9 Å². The van der Waals surface area contributed by atoms with Gasteiger partial charge in [0.1, 0.15) is 41.8 Å². The number of H-pyrrole nitrogens is 1. The zero-order valence-corrected chi connectivity index (χ0v) is 28.1. The lowest BCUT2D eigenvalue weighted by molar-refractivity contribution is -0.140. The first-order chi connectivity index (χ1) is 23.2. The molecule has 2 aromatic carbocycles. The number of amides is 3. The number of carbonyl (C=O) groups excluding carboxylic acids is 3. The fourth-order valence-corrected chi connectivity index (χ4v) is 5.43. The molecule has 1 aliphatic rings. The number of halogens is 2. The first-order valence-corrected chi connectivity index (χ1v) is 15.8. The first-order valence-electron chi connectivity index (χ1n) is 15.8. The maximum Gasteiger partial charge on any atom is 0.270 e. The van der Waals surface area contributed by atoms with Gasteiger partial charge in [-0.2, -0.15) is 5.26 Å². The number of aromatic nitrogens is 1. The van der Waals surface area contributed by atoms with E-state index in [9.17, 15) is 28.4 Å². The number of nitrogens with zero attached hydrogens (tertiary/aromatic N) is 5. The summed E-state index contributed by atoms with van der Waals surface area (Å²) in [7, 11) is 1.42. The smallest absolute Gasteiger partial charge is 0.270 e. The van der Waals surface area contributed by atoms with Crippen LogP contribution in [0.25, 0.3) is 16.6 Å². The molecule has 4 rings (SSSR count). The lowest BCUT2D eigenvalue weighted by Gasteiger charge is -2.34. The number of anilines is 1. The van der Waals surface area contributed by atoms with Crippen molar-refractivity contribution in [3.8, 4) is 6.07 Å². The molecule has 12 nitrogen and oxygen atoms in total. The van der Waals surface area contributed by atoms with Crippen molar-refractivity contribution in [1.82, 2.24) is 19.8 Å². The molecule has 1 unspecified atom stereocenters. The van der Waals surface area contributed by atoms with Gasteiger partial charge in [0.25, 0.3) is 5.91 Å². The second-order valence-corrected chi connectivity index (χ2v) is 12.4. The number of carbonyl (C=O) groups is 3. The highest BCUT2D eigenvalue weighted by atomic mass is 19.1. The normalized spacial score (nSPS) is 14.2. The molecule has 1 aromatic heterocycles. The molecule has 14 heteroatoms. The minimum absolute atomic E-state index is 0.0245. The fourth-order valence-electron chi connectivity index (χ4n) is 5.43. The van der Waals surface area contributed by atoms with Crippen LogP contribution in [0, 0.1) is 35.8 Å². The summed E-state index contributed by atoms with van der Waals surface area (Å²) in [5.74, 6) is 3.16. The number of hydrogen-bond donors (Lipinski definition) is 4. The van der Waals surface area contributed by atoms with Gasteiger partial charge in [0, 0.05) is 36.6 Å². The highest BCUT2D eigenvalue weighted by molar-refractivity contribution is 6.01. The largest absolute Gasteiger partial charge is 0.397 e. The molecule has 2 heterocycles. The number of nitriles is 1. The summed E-state index contributed by atoms with van der Waals surface area (Å²) < 4.78 is 28.1. The average molecular weight is 674 g/mol. The Morgan fingerprint density at radius 2 is 1.88 bits per heavy atom. The van der Waals surface area contributed by atoms with E-state index in [4.69, 9.17) is 11.6 Å². The number of hydrogen-bond acceptors (Lipinski definition) is 8. The van der Waals surface area contributed by atoms with Crippen LogP contribution in [0.4, 0.5) is 14.5 Å². The highest BCUT2D eigenvalue weighted by Gasteiger charge is 2.35. The summed E-state index contributed by atoms with van der Waals surface area (Å²) >= 11 is 0. The van der Waals surface area contributed by atoms with E-state index in [1.807, 2.05) is 26.0 Å². The van der Waals surface area contributed by atoms with Gasteiger partial charge in [-0.05, 0) is 80.5 Å². The number of nitrogens with two attached hydrogens (primary N) is 2. The van der Waals surface area contributed by atoms with Gasteiger partial charge in [-0.15, -0.1) is 0 Å². The van der Waals surface area contributed by atoms with Crippen LogP contribution in [0.15, 0.2) is 59.5 Å². The summed E-state index contributed by atoms with van der Waals surface area (Å²) in [6.07, 6.45) is 7.13. The van der Waals surface area contributed by atoms with E-state index >= 15 is 0 Å². The molecular formula is C35H41F2N9O3. The molecule has 0 aliphatic carbocycles. The fraction of sp³-hybridized carbons (Fsp3) is 0.343. The van der Waals surface area contributed by atoms with Gasteiger partial charge < -0.3 is 25.8 Å². The van der Waals surface area contributed by atoms with Crippen LogP contribution in [0.1, 0.15) is 61.6 Å². The van der Waals surface area contributed by atoms with Crippen LogP contribution >= 0.6 is 0 Å². The minimum Gasteiger partial charge on any atom is -0.397 e. The number of aromatic amines is 1. The van der Waals surface area contributed by atoms with Crippen molar-refractivity contribution in [2.75, 3.05) is 18.9 Å². The Kier molecular flexibility index (Phi) is 11.5. The number of fused-ring (bicyclic) bond motifs is 1. The Hall–Kier alpha value is -5.55. The molecule has 0 saturated heterocycles. The lowest BCUT2D eigenvalue weighted by Crippen LogP contribution is -2.54. The molecular weight excluding hydrogens is 632 g/mol. The SMILES string of the molecule is Cc1cc(/C(N)=C/N(N)C2=CCCC=N2)ccc1NC(=O)CN(C(=O)[C@H](CC(C)C)N(C)C(=O)c1cc2c(F)cc(F)cc2[nH]1)C(C)C#N. The molecule has 0 bridgehead atoms. The van der Waals surface area contributed by atoms with Gasteiger partial charge in [0.2, 0.25) is 11.8 Å². The highest BCUT2D eigenvalue weighted by Crippen LogP contribution is 2.24. The summed E-state index contributed by atoms with van der Waals surface area (Å²) in [5, 5.41) is 13.9. The van der Waals surface area contributed by atoms with Gasteiger partial charge >= 0.3 is 0 Å². The number of hydrazine groups is 1. The van der Waals surface area contributed by atoms with Crippen molar-refractivity contribution in [2.45, 2.75) is 59.0 Å². The number of likely N-dealkylation sites (N-methyl/N-ethyl adjacent to an activating group) is 1. The molecule has 0 spiro atoms. The predicted octanol–water partition coefficient (Wildman–Crippen LogP) is 4.76. The van der Waals surface area contributed by atoms with Gasteiger partial charge in [-0.3, -0.25) is 19.4 Å². The lowest BCUT2D eigenvalue weighted by atomic mass is 10.00. The molecule has 6 N–H and O–H groups in total. The van der Waals surface area contributed by atoms with Crippen molar-refractivity contribution in [2.24, 2.45) is 22.5 Å². The maximum absolute atomic E-state index is 14.4. The molecule has 49 heavy (non-hydrogen) atoms. The Labute approximate surface area is 283 Å². The Morgan fingerprint density at radius 1 is 1.14 bits per heavy atom. The maximum atomic E-state index is 14.4. The number of benzene rings is 2. The predicted molar refractivity (Wildman–Crippen MR) is 184 cm³/mol. The second-order valence-electron chi connectivity index (χ2n) is 12.4. The van der Waals surface area contributed by atoms with Gasteiger partial charge in [-0.1, -0.05) is 19.9 Å². The van der Waals surface area contributed by atoms with Crippen LogP contribution < -0.4 is 16.9 Å². The van der Waals surface area contributed by atoms with Crippen LogP contribution in [-0.2, 0) is 9.59 Å². The molecule has 0 saturated carbocycles. The standard InChI is InChI=1S/C35H41F2N9O3/c1-20(2)12-31(44(5)34(48)30-16-25-26(37)14-24(36)15-29(25)42-30)35(49)45(22(4)17-38)19-33(47)43-28-10-9-23(13-21(28)3)27(39)18-46(40)32-8-6-7-11-41-32/h8-11,13-16,18,20,22,31,42H,6-7,12,19,39-40H2,1-5H3,(H,43,47)/b27-18-/t22?,31-/m0/s1. The van der Waals surface area contributed by atoms with E-state index in [2.05, 4.69) is 15.3 Å². The van der Waals surface area contributed by atoms with Crippen molar-refractivity contribution < 1.29 is 23.2 Å². The Balaban J connectivity index is 1.51. The van der Waals surface area contributed by atoms with Crippen LogP contribution in [-0.4, -0.2) is 69.4 Å². The van der Waals surface area contributed by atoms with E-state index in [-0.39, 0.29) is 28.9 Å². The minimum atomic E-state index is -1.07. The van der Waals surface area contributed by atoms with Crippen LogP contribution in [0.5, 0.6) is 0 Å². The number of allylic oxidation sites excluding steroid dienone is 1. The zero-order chi connectivity index (χ0) is 36.0. The summed E-state index contributed by atoms with van der Waals surface area (Å²) in [6.45, 7) is 6.53. The summed E-state index contributed by atoms with van der Waals surface area (Å²) in [6, 6.07) is 8.13. The molecule has 1 aliphatic heterocycles. The molecule has 0 fully saturated rings. The quantitative estimate of drug-likeness (QED) is 0.158. The van der Waals surface area contributed by atoms with Gasteiger partial charge in [0.15, 0.2) is 0 Å². The Bertz CT molecular complexity index is 1880. The molecule has 258 valence electrons. The number of nitrogens with one attached hydrogen (secondary N) is 2. The second kappa shape index (κ2) is 15.6. The third-order valence-corrected chi connectivity index (χ3v) is 8.12. The number of rotatable bonds is 12. The third-order valence-electron chi connectivity index (χ3n) is 8.12. The molecule has 3 amide bonds. The summed E-state index contributed by atoms with van der Waals surface area (Å²) in [5.41, 5.74) is 8.52. The van der Waals surface area contributed by atoms with Gasteiger partial charge in [-0.25, -0.2) is 19.6 Å². The van der Waals surface area contributed by atoms with Crippen molar-refractivity contribution in [3.05, 3.63) is 83.0 Å². The van der Waals surface area contributed by atoms with Crippen LogP contribution in [0.3, 0.4) is 0 Å². The average Bonchev–Trinajstić information content (AvgIpc) is 3.50. The van der Waals surface area contributed by atoms with Gasteiger partial charge in [0.05, 0.1) is 17.3 Å². The first kappa shape index (κ1) is 36.3. The Morgan fingerprint density at radius 3 is 2.51 bits per heavy atom. The van der Waals surface area contributed by atoms with E-state index in [0.29, 0.717) is 28.3 Å². The number of aryl methyl sites for hydroxylation is 1. The van der Waals surface area contributed by atoms with Crippen molar-refractivity contribution in [3.63, 3.8) is 0 Å². The van der Waals surface area contributed by atoms with Crippen molar-refractivity contribution in [1.29, 1.82) is 5.26 Å². The topological polar surface area (TPSA) is 177 Å². The monoisotopic (exact) mass is 673 g/mol. The molecule has 2 atom stereocenters. The van der Waals surface area contributed by atoms with Crippen molar-refractivity contribution >= 4 is 46.2 Å². The van der Waals surface area contributed by atoms with E-state index in [1.54, 1.807) is 37.5 Å². The third kappa shape index (κ3) is 8.68. The molecule has 0 radical (unpaired) electrons. The number of aliphatic imine (C=N–C) groups is 1. The zero-order valence-electron chi connectivity index (χ0n) is 28.1. The van der Waals surface area contributed by atoms with E-state index < -0.39 is 48.0 Å². The molecule has 3 aromatic rings. The summed E-state index contributed by atoms with van der Waals surface area (Å²) in [4.78, 5) is 50.2.